The van der Waals surface area contributed by atoms with Gasteiger partial charge in [0.1, 0.15) is 6.07 Å². The number of hydrogen-bond acceptors (Lipinski definition) is 5. The second kappa shape index (κ2) is 8.62. The minimum Gasteiger partial charge on any atom is -0.449 e. The summed E-state index contributed by atoms with van der Waals surface area (Å²) in [6.07, 6.45) is -1.01. The number of methoxy groups -OCH3 is 1. The summed E-state index contributed by atoms with van der Waals surface area (Å²) < 4.78 is 10.2. The van der Waals surface area contributed by atoms with Crippen LogP contribution in [-0.4, -0.2) is 25.1 Å². The van der Waals surface area contributed by atoms with Gasteiger partial charge in [0.15, 0.2) is 6.10 Å². The number of para-hydroxylation sites is 1. The third kappa shape index (κ3) is 4.90. The SMILES string of the molecule is COCc1cccc(C(=O)O[C@H](C)C(=O)Nc2ccccc2C#N)c1. The van der Waals surface area contributed by atoms with Crippen LogP contribution in [0.3, 0.4) is 0 Å². The summed E-state index contributed by atoms with van der Waals surface area (Å²) in [6, 6.07) is 15.4. The lowest BCUT2D eigenvalue weighted by molar-refractivity contribution is -0.123. The van der Waals surface area contributed by atoms with E-state index in [-0.39, 0.29) is 0 Å². The van der Waals surface area contributed by atoms with E-state index in [2.05, 4.69) is 5.32 Å². The van der Waals surface area contributed by atoms with E-state index in [9.17, 15) is 9.59 Å². The van der Waals surface area contributed by atoms with E-state index in [1.54, 1.807) is 49.6 Å². The largest absolute Gasteiger partial charge is 0.449 e. The van der Waals surface area contributed by atoms with Gasteiger partial charge in [0, 0.05) is 7.11 Å². The van der Waals surface area contributed by atoms with Crippen LogP contribution in [0.25, 0.3) is 0 Å². The number of carbonyl (C=O) groups is 2. The highest BCUT2D eigenvalue weighted by atomic mass is 16.5. The molecule has 1 N–H and O–H groups in total. The third-order valence-corrected chi connectivity index (χ3v) is 3.43. The molecule has 128 valence electrons. The molecular formula is C19H18N2O4. The highest BCUT2D eigenvalue weighted by Crippen LogP contribution is 2.15. The van der Waals surface area contributed by atoms with E-state index in [1.807, 2.05) is 12.1 Å². The Hall–Kier alpha value is -3.17. The minimum absolute atomic E-state index is 0.335. The Labute approximate surface area is 146 Å². The van der Waals surface area contributed by atoms with Crippen LogP contribution in [0.1, 0.15) is 28.4 Å². The summed E-state index contributed by atoms with van der Waals surface area (Å²) in [5, 5.41) is 11.6. The standard InChI is InChI=1S/C19H18N2O4/c1-13(18(22)21-17-9-4-3-7-16(17)11-20)25-19(23)15-8-5-6-14(10-15)12-24-2/h3-10,13H,12H2,1-2H3,(H,21,22)/t13-/m1/s1. The zero-order valence-corrected chi connectivity index (χ0v) is 14.0. The average Bonchev–Trinajstić information content (AvgIpc) is 2.62. The predicted molar refractivity (Wildman–Crippen MR) is 91.8 cm³/mol. The fraction of sp³-hybridized carbons (Fsp3) is 0.211. The summed E-state index contributed by atoms with van der Waals surface area (Å²) in [5.74, 6) is -1.11. The molecule has 0 bridgehead atoms. The van der Waals surface area contributed by atoms with Crippen LogP contribution < -0.4 is 5.32 Å². The number of carbonyl (C=O) groups excluding carboxylic acids is 2. The van der Waals surface area contributed by atoms with Crippen LogP contribution in [0.15, 0.2) is 48.5 Å². The third-order valence-electron chi connectivity index (χ3n) is 3.43. The number of nitrogens with zero attached hydrogens (tertiary/aromatic N) is 1. The van der Waals surface area contributed by atoms with Crippen molar-refractivity contribution in [3.05, 3.63) is 65.2 Å². The van der Waals surface area contributed by atoms with Crippen molar-refractivity contribution in [1.29, 1.82) is 5.26 Å². The summed E-state index contributed by atoms with van der Waals surface area (Å²) in [7, 11) is 1.57. The highest BCUT2D eigenvalue weighted by Gasteiger charge is 2.20. The Morgan fingerprint density at radius 2 is 1.96 bits per heavy atom. The maximum Gasteiger partial charge on any atom is 0.338 e. The number of anilines is 1. The van der Waals surface area contributed by atoms with Crippen molar-refractivity contribution < 1.29 is 19.1 Å². The number of amides is 1. The molecular weight excluding hydrogens is 320 g/mol. The summed E-state index contributed by atoms with van der Waals surface area (Å²) in [5.41, 5.74) is 1.88. The van der Waals surface area contributed by atoms with Crippen molar-refractivity contribution in [3.63, 3.8) is 0 Å². The zero-order chi connectivity index (χ0) is 18.2. The maximum absolute atomic E-state index is 12.2. The highest BCUT2D eigenvalue weighted by molar-refractivity contribution is 5.98. The number of benzene rings is 2. The molecule has 0 aromatic heterocycles. The lowest BCUT2D eigenvalue weighted by atomic mass is 10.1. The molecule has 0 saturated carbocycles. The molecule has 0 spiro atoms. The lowest BCUT2D eigenvalue weighted by Gasteiger charge is -2.14. The van der Waals surface area contributed by atoms with E-state index in [1.165, 1.54) is 6.92 Å². The molecule has 0 fully saturated rings. The van der Waals surface area contributed by atoms with Gasteiger partial charge in [-0.05, 0) is 36.8 Å². The second-order valence-electron chi connectivity index (χ2n) is 5.33. The first-order valence-electron chi connectivity index (χ1n) is 7.64. The van der Waals surface area contributed by atoms with Gasteiger partial charge in [-0.25, -0.2) is 4.79 Å². The Morgan fingerprint density at radius 3 is 2.68 bits per heavy atom. The van der Waals surface area contributed by atoms with Crippen LogP contribution in [0.4, 0.5) is 5.69 Å². The molecule has 0 radical (unpaired) electrons. The lowest BCUT2D eigenvalue weighted by Crippen LogP contribution is -2.30. The number of nitriles is 1. The molecule has 0 heterocycles. The fourth-order valence-corrected chi connectivity index (χ4v) is 2.16. The van der Waals surface area contributed by atoms with Gasteiger partial charge in [-0.1, -0.05) is 24.3 Å². The van der Waals surface area contributed by atoms with Gasteiger partial charge >= 0.3 is 5.97 Å². The Bertz CT molecular complexity index is 811. The van der Waals surface area contributed by atoms with Crippen molar-refractivity contribution in [2.75, 3.05) is 12.4 Å². The van der Waals surface area contributed by atoms with Gasteiger partial charge in [-0.2, -0.15) is 5.26 Å². The Kier molecular flexibility index (Phi) is 6.26. The molecule has 2 aromatic rings. The van der Waals surface area contributed by atoms with Crippen LogP contribution in [0, 0.1) is 11.3 Å². The first-order valence-corrected chi connectivity index (χ1v) is 7.64. The topological polar surface area (TPSA) is 88.4 Å². The molecule has 0 aliphatic heterocycles. The number of hydrogen-bond donors (Lipinski definition) is 1. The summed E-state index contributed by atoms with van der Waals surface area (Å²) >= 11 is 0. The van der Waals surface area contributed by atoms with Crippen LogP contribution in [0.5, 0.6) is 0 Å². The van der Waals surface area contributed by atoms with Crippen LogP contribution in [0.2, 0.25) is 0 Å². The van der Waals surface area contributed by atoms with Crippen molar-refractivity contribution >= 4 is 17.6 Å². The molecule has 6 heteroatoms. The molecule has 0 aliphatic carbocycles. The van der Waals surface area contributed by atoms with Gasteiger partial charge in [0.2, 0.25) is 0 Å². The Balaban J connectivity index is 2.02. The van der Waals surface area contributed by atoms with Crippen molar-refractivity contribution in [1.82, 2.24) is 0 Å². The minimum atomic E-state index is -1.01. The van der Waals surface area contributed by atoms with Crippen LogP contribution in [-0.2, 0) is 20.9 Å². The van der Waals surface area contributed by atoms with E-state index in [4.69, 9.17) is 14.7 Å². The number of nitrogens with one attached hydrogen (secondary N) is 1. The van der Waals surface area contributed by atoms with Gasteiger partial charge < -0.3 is 14.8 Å². The van der Waals surface area contributed by atoms with E-state index >= 15 is 0 Å². The quantitative estimate of drug-likeness (QED) is 0.818. The first kappa shape index (κ1) is 18.2. The molecule has 0 unspecified atom stereocenters. The van der Waals surface area contributed by atoms with Crippen LogP contribution >= 0.6 is 0 Å². The van der Waals surface area contributed by atoms with Crippen molar-refractivity contribution in [2.24, 2.45) is 0 Å². The van der Waals surface area contributed by atoms with Crippen molar-refractivity contribution in [2.45, 2.75) is 19.6 Å². The predicted octanol–water partition coefficient (Wildman–Crippen LogP) is 2.89. The molecule has 1 amide bonds. The number of rotatable bonds is 6. The normalized spacial score (nSPS) is 11.2. The fourth-order valence-electron chi connectivity index (χ4n) is 2.16. The number of ether oxygens (including phenoxy) is 2. The van der Waals surface area contributed by atoms with Crippen molar-refractivity contribution in [3.8, 4) is 6.07 Å². The molecule has 2 aromatic carbocycles. The van der Waals surface area contributed by atoms with Gasteiger partial charge in [0.25, 0.3) is 5.91 Å². The summed E-state index contributed by atoms with van der Waals surface area (Å²) in [4.78, 5) is 24.4. The number of esters is 1. The first-order chi connectivity index (χ1) is 12.0. The monoisotopic (exact) mass is 338 g/mol. The average molecular weight is 338 g/mol. The van der Waals surface area contributed by atoms with E-state index in [0.29, 0.717) is 23.4 Å². The van der Waals surface area contributed by atoms with E-state index in [0.717, 1.165) is 5.56 Å². The maximum atomic E-state index is 12.2. The molecule has 2 rings (SSSR count). The molecule has 0 saturated heterocycles. The van der Waals surface area contributed by atoms with Gasteiger partial charge in [0.05, 0.1) is 23.4 Å². The molecule has 25 heavy (non-hydrogen) atoms. The molecule has 1 atom stereocenters. The smallest absolute Gasteiger partial charge is 0.338 e. The van der Waals surface area contributed by atoms with Gasteiger partial charge in [-0.15, -0.1) is 0 Å². The molecule has 6 nitrogen and oxygen atoms in total. The zero-order valence-electron chi connectivity index (χ0n) is 14.0. The second-order valence-corrected chi connectivity index (χ2v) is 5.33. The Morgan fingerprint density at radius 1 is 1.20 bits per heavy atom. The molecule has 0 aliphatic rings. The van der Waals surface area contributed by atoms with Gasteiger partial charge in [-0.3, -0.25) is 4.79 Å². The summed E-state index contributed by atoms with van der Waals surface area (Å²) in [6.45, 7) is 1.85. The van der Waals surface area contributed by atoms with E-state index < -0.39 is 18.0 Å².